The smallest absolute Gasteiger partial charge is 0.390 e. The van der Waals surface area contributed by atoms with Crippen LogP contribution in [-0.4, -0.2) is 68.1 Å². The predicted molar refractivity (Wildman–Crippen MR) is 130 cm³/mol. The van der Waals surface area contributed by atoms with E-state index >= 15 is 0 Å². The first-order valence-corrected chi connectivity index (χ1v) is 12.2. The van der Waals surface area contributed by atoms with Crippen LogP contribution in [0.3, 0.4) is 0 Å². The van der Waals surface area contributed by atoms with Crippen LogP contribution < -0.4 is 0 Å². The number of carbonyl (C=O) groups is 2. The maximum atomic E-state index is 13.5. The van der Waals surface area contributed by atoms with Gasteiger partial charge in [0.2, 0.25) is 0 Å². The van der Waals surface area contributed by atoms with Crippen LogP contribution in [0, 0.1) is 0 Å². The van der Waals surface area contributed by atoms with Crippen molar-refractivity contribution < 1.29 is 27.9 Å². The van der Waals surface area contributed by atoms with Crippen molar-refractivity contribution in [3.8, 4) is 0 Å². The minimum Gasteiger partial charge on any atom is -0.390 e. The van der Waals surface area contributed by atoms with Gasteiger partial charge in [-0.05, 0) is 60.3 Å². The number of alkyl halides is 3. The lowest BCUT2D eigenvalue weighted by atomic mass is 10.1. The van der Waals surface area contributed by atoms with Crippen LogP contribution in [0.25, 0.3) is 17.0 Å². The number of aliphatic hydroxyl groups is 1. The fraction of sp³-hybridized carbons (Fsp3) is 0.292. The number of hydrogen-bond donors (Lipinski definition) is 1. The molecule has 0 saturated carbocycles. The van der Waals surface area contributed by atoms with Gasteiger partial charge in [0.25, 0.3) is 11.1 Å². The Balaban J connectivity index is 1.40. The molecule has 2 aromatic carbocycles. The Hall–Kier alpha value is -2.86. The molecule has 3 heterocycles. The first-order chi connectivity index (χ1) is 17.0. The molecule has 0 unspecified atom stereocenters. The maximum Gasteiger partial charge on any atom is 0.416 e. The molecule has 2 aliphatic heterocycles. The van der Waals surface area contributed by atoms with E-state index in [4.69, 9.17) is 11.6 Å². The Morgan fingerprint density at radius 3 is 2.67 bits per heavy atom. The fourth-order valence-corrected chi connectivity index (χ4v) is 5.62. The molecule has 2 aliphatic rings. The second-order valence-corrected chi connectivity index (χ2v) is 10.3. The minimum absolute atomic E-state index is 0.0000785. The second-order valence-electron chi connectivity index (χ2n) is 8.83. The van der Waals surface area contributed by atoms with Crippen molar-refractivity contribution in [3.63, 3.8) is 0 Å². The van der Waals surface area contributed by atoms with Gasteiger partial charge in [-0.2, -0.15) is 18.3 Å². The summed E-state index contributed by atoms with van der Waals surface area (Å²) >= 11 is 6.59. The van der Waals surface area contributed by atoms with E-state index in [0.717, 1.165) is 22.7 Å². The number of β-amino-alcohol motifs (C(OH)–C–C–N with tert-alkyl or cyclic N) is 1. The normalized spacial score (nSPS) is 22.5. The average Bonchev–Trinajstić information content (AvgIpc) is 3.43. The Labute approximate surface area is 213 Å². The van der Waals surface area contributed by atoms with Gasteiger partial charge >= 0.3 is 6.18 Å². The van der Waals surface area contributed by atoms with Gasteiger partial charge in [0.1, 0.15) is 0 Å². The molecule has 0 aliphatic carbocycles. The van der Waals surface area contributed by atoms with E-state index in [0.29, 0.717) is 29.6 Å². The number of aromatic nitrogens is 2. The van der Waals surface area contributed by atoms with E-state index in [1.165, 1.54) is 23.0 Å². The summed E-state index contributed by atoms with van der Waals surface area (Å²) in [4.78, 5) is 28.7. The molecular formula is C24H20ClF3N4O3S. The summed E-state index contributed by atoms with van der Waals surface area (Å²) in [5, 5.41) is 14.7. The molecule has 0 radical (unpaired) electrons. The largest absolute Gasteiger partial charge is 0.416 e. The number of fused-ring (bicyclic) bond motifs is 1. The fourth-order valence-electron chi connectivity index (χ4n) is 4.56. The van der Waals surface area contributed by atoms with E-state index in [1.807, 2.05) is 11.9 Å². The Bertz CT molecular complexity index is 1410. The van der Waals surface area contributed by atoms with Crippen molar-refractivity contribution in [2.75, 3.05) is 20.1 Å². The number of imide groups is 1. The number of aliphatic hydroxyl groups excluding tert-OH is 1. The third-order valence-corrected chi connectivity index (χ3v) is 7.38. The van der Waals surface area contributed by atoms with Gasteiger partial charge in [-0.3, -0.25) is 19.2 Å². The minimum atomic E-state index is -4.55. The molecule has 2 fully saturated rings. The van der Waals surface area contributed by atoms with Gasteiger partial charge in [0.05, 0.1) is 40.9 Å². The molecule has 0 bridgehead atoms. The quantitative estimate of drug-likeness (QED) is 0.496. The Kier molecular flexibility index (Phi) is 6.36. The highest BCUT2D eigenvalue weighted by Crippen LogP contribution is 2.37. The summed E-state index contributed by atoms with van der Waals surface area (Å²) < 4.78 is 41.9. The SMILES string of the molecule is CN1C[C@@H](O)[C@H](N2C(=O)S/C(=C\c3ccc4c(cnn4Cc4ccc(Cl)cc4C(F)(F)F)c3)C2=O)C1. The third-order valence-electron chi connectivity index (χ3n) is 6.26. The number of hydrogen-bond acceptors (Lipinski definition) is 6. The summed E-state index contributed by atoms with van der Waals surface area (Å²) in [5.74, 6) is -0.456. The number of benzene rings is 2. The van der Waals surface area contributed by atoms with E-state index in [1.54, 1.807) is 24.3 Å². The number of likely N-dealkylation sites (tertiary alicyclic amines) is 1. The van der Waals surface area contributed by atoms with E-state index < -0.39 is 35.0 Å². The molecule has 3 aromatic rings. The Morgan fingerprint density at radius 1 is 1.19 bits per heavy atom. The summed E-state index contributed by atoms with van der Waals surface area (Å²) in [7, 11) is 1.81. The van der Waals surface area contributed by atoms with Crippen LogP contribution >= 0.6 is 23.4 Å². The maximum absolute atomic E-state index is 13.5. The van der Waals surface area contributed by atoms with Crippen LogP contribution in [0.4, 0.5) is 18.0 Å². The first kappa shape index (κ1) is 24.8. The van der Waals surface area contributed by atoms with Crippen LogP contribution in [-0.2, 0) is 17.5 Å². The lowest BCUT2D eigenvalue weighted by Gasteiger charge is -2.22. The number of halogens is 4. The van der Waals surface area contributed by atoms with Crippen LogP contribution in [0.2, 0.25) is 5.02 Å². The summed E-state index contributed by atoms with van der Waals surface area (Å²) in [6, 6.07) is 8.21. The highest BCUT2D eigenvalue weighted by Gasteiger charge is 2.45. The number of carbonyl (C=O) groups excluding carboxylic acids is 2. The zero-order valence-electron chi connectivity index (χ0n) is 18.9. The van der Waals surface area contributed by atoms with E-state index in [-0.39, 0.29) is 22.0 Å². The molecule has 5 rings (SSSR count). The molecule has 7 nitrogen and oxygen atoms in total. The van der Waals surface area contributed by atoms with Crippen LogP contribution in [0.5, 0.6) is 0 Å². The highest BCUT2D eigenvalue weighted by atomic mass is 35.5. The van der Waals surface area contributed by atoms with Crippen molar-refractivity contribution in [2.24, 2.45) is 0 Å². The Morgan fingerprint density at radius 2 is 1.97 bits per heavy atom. The molecule has 2 atom stereocenters. The lowest BCUT2D eigenvalue weighted by molar-refractivity contribution is -0.138. The summed E-state index contributed by atoms with van der Waals surface area (Å²) in [5.41, 5.74) is 0.471. The zero-order chi connectivity index (χ0) is 25.8. The zero-order valence-corrected chi connectivity index (χ0v) is 20.4. The van der Waals surface area contributed by atoms with Gasteiger partial charge in [-0.1, -0.05) is 23.7 Å². The molecule has 1 N–H and O–H groups in total. The van der Waals surface area contributed by atoms with Gasteiger partial charge in [0.15, 0.2) is 0 Å². The first-order valence-electron chi connectivity index (χ1n) is 11.0. The number of likely N-dealkylation sites (N-methyl/N-ethyl adjacent to an activating group) is 1. The average molecular weight is 537 g/mol. The van der Waals surface area contributed by atoms with Gasteiger partial charge in [0, 0.05) is 23.5 Å². The van der Waals surface area contributed by atoms with E-state index in [2.05, 4.69) is 5.10 Å². The number of rotatable bonds is 4. The second kappa shape index (κ2) is 9.22. The number of nitrogens with zero attached hydrogens (tertiary/aromatic N) is 4. The predicted octanol–water partition coefficient (Wildman–Crippen LogP) is 4.47. The van der Waals surface area contributed by atoms with Gasteiger partial charge in [-0.15, -0.1) is 0 Å². The molecule has 2 saturated heterocycles. The highest BCUT2D eigenvalue weighted by molar-refractivity contribution is 8.18. The molecule has 1 aromatic heterocycles. The summed E-state index contributed by atoms with van der Waals surface area (Å²) in [6.07, 6.45) is -2.23. The van der Waals surface area contributed by atoms with Crippen LogP contribution in [0.1, 0.15) is 16.7 Å². The molecular weight excluding hydrogens is 517 g/mol. The van der Waals surface area contributed by atoms with Crippen molar-refractivity contribution in [2.45, 2.75) is 24.9 Å². The van der Waals surface area contributed by atoms with Crippen molar-refractivity contribution in [1.29, 1.82) is 0 Å². The van der Waals surface area contributed by atoms with Gasteiger partial charge in [-0.25, -0.2) is 0 Å². The van der Waals surface area contributed by atoms with Crippen molar-refractivity contribution in [3.05, 3.63) is 69.2 Å². The van der Waals surface area contributed by atoms with Crippen molar-refractivity contribution >= 4 is 51.5 Å². The molecule has 0 spiro atoms. The molecule has 2 amide bonds. The van der Waals surface area contributed by atoms with Gasteiger partial charge < -0.3 is 10.0 Å². The number of amides is 2. The third kappa shape index (κ3) is 4.63. The molecule has 36 heavy (non-hydrogen) atoms. The standard InChI is InChI=1S/C24H20ClF3N4O3S/c1-30-11-19(20(33)12-30)32-22(34)21(36-23(32)35)7-13-2-5-18-15(6-13)9-29-31(18)10-14-3-4-16(25)8-17(14)24(26,27)28/h2-9,19-20,33H,10-12H2,1H3/b21-7-/t19-,20-/m1/s1. The van der Waals surface area contributed by atoms with Crippen LogP contribution in [0.15, 0.2) is 47.5 Å². The number of thioether (sulfide) groups is 1. The van der Waals surface area contributed by atoms with E-state index in [9.17, 15) is 27.9 Å². The lowest BCUT2D eigenvalue weighted by Crippen LogP contribution is -2.45. The summed E-state index contributed by atoms with van der Waals surface area (Å²) in [6.45, 7) is 0.680. The van der Waals surface area contributed by atoms with Crippen molar-refractivity contribution in [1.82, 2.24) is 19.6 Å². The molecule has 12 heteroatoms. The monoisotopic (exact) mass is 536 g/mol. The molecule has 188 valence electrons. The topological polar surface area (TPSA) is 78.7 Å².